The van der Waals surface area contributed by atoms with Gasteiger partial charge in [0.15, 0.2) is 11.5 Å². The second-order valence-corrected chi connectivity index (χ2v) is 8.51. The Morgan fingerprint density at radius 2 is 1.60 bits per heavy atom. The molecule has 2 rings (SSSR count). The van der Waals surface area contributed by atoms with E-state index in [0.717, 1.165) is 11.4 Å². The molecule has 6 heteroatoms. The number of hydrogen-bond acceptors (Lipinski definition) is 4. The highest BCUT2D eigenvalue weighted by molar-refractivity contribution is 6.44. The summed E-state index contributed by atoms with van der Waals surface area (Å²) in [6, 6.07) is 8.92. The number of benzene rings is 1. The molecule has 0 spiro atoms. The van der Waals surface area contributed by atoms with Crippen LogP contribution in [0.2, 0.25) is 0 Å². The van der Waals surface area contributed by atoms with Crippen LogP contribution in [0, 0.1) is 10.8 Å². The molecule has 0 bridgehead atoms. The van der Waals surface area contributed by atoms with Crippen molar-refractivity contribution in [1.29, 1.82) is 0 Å². The Bertz CT molecular complexity index is 695. The second kappa shape index (κ2) is 6.50. The van der Waals surface area contributed by atoms with E-state index in [9.17, 15) is 4.79 Å². The summed E-state index contributed by atoms with van der Waals surface area (Å²) in [5.74, 6) is 0.605. The third kappa shape index (κ3) is 4.38. The highest BCUT2D eigenvalue weighted by atomic mass is 16.2. The predicted octanol–water partition coefficient (Wildman–Crippen LogP) is 3.97. The molecule has 0 aromatic heterocycles. The number of para-hydroxylation sites is 1. The molecule has 6 nitrogen and oxygen atoms in total. The molecule has 0 fully saturated rings. The summed E-state index contributed by atoms with van der Waals surface area (Å²) >= 11 is 0. The molecular formula is C19H29N5O. The maximum Gasteiger partial charge on any atom is 0.337 e. The van der Waals surface area contributed by atoms with Crippen molar-refractivity contribution in [1.82, 2.24) is 10.9 Å². The zero-order valence-corrected chi connectivity index (χ0v) is 16.2. The molecule has 1 unspecified atom stereocenters. The average molecular weight is 343 g/mol. The molecule has 1 aliphatic heterocycles. The molecule has 136 valence electrons. The van der Waals surface area contributed by atoms with E-state index in [1.807, 2.05) is 37.3 Å². The van der Waals surface area contributed by atoms with Gasteiger partial charge in [0.2, 0.25) is 0 Å². The zero-order valence-electron chi connectivity index (χ0n) is 16.2. The summed E-state index contributed by atoms with van der Waals surface area (Å²) in [5.41, 5.74) is 6.27. The third-order valence-corrected chi connectivity index (χ3v) is 4.34. The quantitative estimate of drug-likeness (QED) is 0.675. The molecule has 0 aliphatic carbocycles. The smallest absolute Gasteiger partial charge is 0.307 e. The number of hydrazine groups is 1. The van der Waals surface area contributed by atoms with Crippen molar-refractivity contribution in [2.45, 2.75) is 54.1 Å². The van der Waals surface area contributed by atoms with Crippen LogP contribution in [0.1, 0.15) is 48.5 Å². The summed E-state index contributed by atoms with van der Waals surface area (Å²) in [6.07, 6.45) is 0. The van der Waals surface area contributed by atoms with Crippen LogP contribution in [0.25, 0.3) is 0 Å². The van der Waals surface area contributed by atoms with Crippen LogP contribution in [0.4, 0.5) is 10.5 Å². The van der Waals surface area contributed by atoms with Crippen LogP contribution in [-0.4, -0.2) is 23.2 Å². The van der Waals surface area contributed by atoms with E-state index in [-0.39, 0.29) is 16.9 Å². The maximum absolute atomic E-state index is 12.1. The number of urea groups is 1. The van der Waals surface area contributed by atoms with E-state index in [1.165, 1.54) is 0 Å². The standard InChI is InChI=1S/C19H29N5O/c1-17(2,3)14-15(22-19(7,21-14)18(4,5)6)23-24-16(25)20-13-11-9-8-10-12-13/h8-12H,1-7H3,(H,22,23)(H2,20,24,25). The van der Waals surface area contributed by atoms with E-state index in [0.29, 0.717) is 5.84 Å². The van der Waals surface area contributed by atoms with Crippen LogP contribution in [0.5, 0.6) is 0 Å². The van der Waals surface area contributed by atoms with Crippen molar-refractivity contribution < 1.29 is 4.79 Å². The summed E-state index contributed by atoms with van der Waals surface area (Å²) in [4.78, 5) is 21.8. The largest absolute Gasteiger partial charge is 0.337 e. The lowest BCUT2D eigenvalue weighted by molar-refractivity contribution is 0.224. The molecule has 0 saturated heterocycles. The lowest BCUT2D eigenvalue weighted by Gasteiger charge is -2.33. The number of nitrogens with one attached hydrogen (secondary N) is 3. The minimum Gasteiger partial charge on any atom is -0.307 e. The number of nitrogens with zero attached hydrogens (tertiary/aromatic N) is 2. The van der Waals surface area contributed by atoms with Gasteiger partial charge in [-0.2, -0.15) is 0 Å². The number of aliphatic imine (C=N–C) groups is 2. The van der Waals surface area contributed by atoms with Crippen molar-refractivity contribution in [2.24, 2.45) is 20.8 Å². The van der Waals surface area contributed by atoms with Gasteiger partial charge in [-0.25, -0.2) is 15.2 Å². The number of carbonyl (C=O) groups excluding carboxylic acids is 1. The molecule has 1 aromatic carbocycles. The first-order valence-corrected chi connectivity index (χ1v) is 8.51. The predicted molar refractivity (Wildman–Crippen MR) is 104 cm³/mol. The fraction of sp³-hybridized carbons (Fsp3) is 0.526. The van der Waals surface area contributed by atoms with Gasteiger partial charge in [-0.15, -0.1) is 0 Å². The van der Waals surface area contributed by atoms with E-state index in [1.54, 1.807) is 0 Å². The Kier molecular flexibility index (Phi) is 4.93. The topological polar surface area (TPSA) is 77.9 Å². The van der Waals surface area contributed by atoms with E-state index in [2.05, 4.69) is 57.7 Å². The van der Waals surface area contributed by atoms with Gasteiger partial charge < -0.3 is 5.32 Å². The van der Waals surface area contributed by atoms with Gasteiger partial charge in [-0.1, -0.05) is 59.7 Å². The van der Waals surface area contributed by atoms with Crippen molar-refractivity contribution in [2.75, 3.05) is 5.32 Å². The number of hydrogen-bond donors (Lipinski definition) is 3. The van der Waals surface area contributed by atoms with Crippen LogP contribution < -0.4 is 16.2 Å². The third-order valence-electron chi connectivity index (χ3n) is 4.34. The maximum atomic E-state index is 12.1. The molecular weight excluding hydrogens is 314 g/mol. The fourth-order valence-electron chi connectivity index (χ4n) is 2.31. The van der Waals surface area contributed by atoms with Crippen molar-refractivity contribution in [3.63, 3.8) is 0 Å². The first kappa shape index (κ1) is 19.0. The Balaban J connectivity index is 2.13. The molecule has 3 N–H and O–H groups in total. The number of rotatable bonds is 1. The van der Waals surface area contributed by atoms with Crippen LogP contribution in [0.15, 0.2) is 40.3 Å². The Morgan fingerprint density at radius 3 is 2.12 bits per heavy atom. The summed E-state index contributed by atoms with van der Waals surface area (Å²) in [5, 5.41) is 2.76. The summed E-state index contributed by atoms with van der Waals surface area (Å²) < 4.78 is 0. The van der Waals surface area contributed by atoms with Gasteiger partial charge in [-0.05, 0) is 19.1 Å². The first-order chi connectivity index (χ1) is 11.4. The number of carbonyl (C=O) groups is 1. The Morgan fingerprint density at radius 1 is 1.00 bits per heavy atom. The molecule has 1 aromatic rings. The van der Waals surface area contributed by atoms with Crippen molar-refractivity contribution >= 4 is 23.3 Å². The highest BCUT2D eigenvalue weighted by Crippen LogP contribution is 2.39. The van der Waals surface area contributed by atoms with Gasteiger partial charge in [0.1, 0.15) is 0 Å². The van der Waals surface area contributed by atoms with Crippen LogP contribution in [0.3, 0.4) is 0 Å². The molecule has 2 amide bonds. The Hall–Kier alpha value is -2.37. The number of amides is 2. The summed E-state index contributed by atoms with van der Waals surface area (Å²) in [7, 11) is 0. The van der Waals surface area contributed by atoms with E-state index in [4.69, 9.17) is 9.98 Å². The molecule has 0 saturated carbocycles. The van der Waals surface area contributed by atoms with E-state index < -0.39 is 5.66 Å². The Labute approximate surface area is 150 Å². The highest BCUT2D eigenvalue weighted by Gasteiger charge is 2.44. The second-order valence-electron chi connectivity index (χ2n) is 8.51. The minimum atomic E-state index is -0.574. The fourth-order valence-corrected chi connectivity index (χ4v) is 2.31. The zero-order chi connectivity index (χ0) is 18.9. The monoisotopic (exact) mass is 343 g/mol. The van der Waals surface area contributed by atoms with Gasteiger partial charge in [0.05, 0.1) is 5.71 Å². The van der Waals surface area contributed by atoms with Crippen LogP contribution in [-0.2, 0) is 0 Å². The van der Waals surface area contributed by atoms with Gasteiger partial charge in [0.25, 0.3) is 0 Å². The molecule has 1 aliphatic rings. The van der Waals surface area contributed by atoms with Gasteiger partial charge >= 0.3 is 6.03 Å². The lowest BCUT2D eigenvalue weighted by atomic mass is 9.82. The van der Waals surface area contributed by atoms with Crippen molar-refractivity contribution in [3.8, 4) is 0 Å². The van der Waals surface area contributed by atoms with Gasteiger partial charge in [0, 0.05) is 16.5 Å². The SMILES string of the molecule is CC(C)(C)C1=NC(C)(C(C)(C)C)N=C1NNC(=O)Nc1ccccc1. The van der Waals surface area contributed by atoms with E-state index >= 15 is 0 Å². The minimum absolute atomic E-state index is 0.140. The average Bonchev–Trinajstić information content (AvgIpc) is 2.85. The molecule has 1 heterocycles. The molecule has 1 atom stereocenters. The summed E-state index contributed by atoms with van der Waals surface area (Å²) in [6.45, 7) is 14.6. The first-order valence-electron chi connectivity index (χ1n) is 8.51. The normalized spacial score (nSPS) is 20.6. The molecule has 0 radical (unpaired) electrons. The molecule has 25 heavy (non-hydrogen) atoms. The van der Waals surface area contributed by atoms with Crippen LogP contribution >= 0.6 is 0 Å². The number of amidine groups is 1. The van der Waals surface area contributed by atoms with Crippen molar-refractivity contribution in [3.05, 3.63) is 30.3 Å². The number of anilines is 1. The lowest BCUT2D eigenvalue weighted by Crippen LogP contribution is -2.48. The van der Waals surface area contributed by atoms with Gasteiger partial charge in [-0.3, -0.25) is 10.4 Å².